The van der Waals surface area contributed by atoms with E-state index >= 15 is 0 Å². The van der Waals surface area contributed by atoms with Crippen molar-refractivity contribution < 1.29 is 23.1 Å². The summed E-state index contributed by atoms with van der Waals surface area (Å²) < 4.78 is 39.0. The summed E-state index contributed by atoms with van der Waals surface area (Å²) in [6.45, 7) is 3.12. The molecule has 0 aliphatic carbocycles. The van der Waals surface area contributed by atoms with E-state index in [2.05, 4.69) is 5.10 Å². The number of alkyl halides is 3. The van der Waals surface area contributed by atoms with Crippen LogP contribution in [0.2, 0.25) is 0 Å². The van der Waals surface area contributed by atoms with E-state index < -0.39 is 29.7 Å². The van der Waals surface area contributed by atoms with Crippen molar-refractivity contribution in [1.29, 1.82) is 0 Å². The molecule has 7 heteroatoms. The summed E-state index contributed by atoms with van der Waals surface area (Å²) in [6, 6.07) is 0. The Morgan fingerprint density at radius 3 is 2.35 bits per heavy atom. The molecular weight excluding hydrogens is 237 g/mol. The number of nitrogens with zero attached hydrogens (tertiary/aromatic N) is 2. The standard InChI is InChI=1S/C10H13F3N2O2/c1-5(2)7(9(16)17)6-4-15(3)14-8(6)10(11,12)13/h4-5,7H,1-3H3,(H,16,17). The van der Waals surface area contributed by atoms with Crippen LogP contribution in [0.15, 0.2) is 6.20 Å². The Labute approximate surface area is 96.0 Å². The first-order chi connectivity index (χ1) is 7.64. The third kappa shape index (κ3) is 2.78. The Morgan fingerprint density at radius 2 is 2.00 bits per heavy atom. The highest BCUT2D eigenvalue weighted by Gasteiger charge is 2.41. The molecule has 1 aromatic heterocycles. The van der Waals surface area contributed by atoms with Crippen LogP contribution in [0.25, 0.3) is 0 Å². The van der Waals surface area contributed by atoms with Gasteiger partial charge in [0, 0.05) is 18.8 Å². The fraction of sp³-hybridized carbons (Fsp3) is 0.600. The van der Waals surface area contributed by atoms with Gasteiger partial charge in [0.1, 0.15) is 0 Å². The molecule has 1 heterocycles. The molecular formula is C10H13F3N2O2. The number of hydrogen-bond acceptors (Lipinski definition) is 2. The molecule has 1 unspecified atom stereocenters. The van der Waals surface area contributed by atoms with Gasteiger partial charge >= 0.3 is 12.1 Å². The molecule has 4 nitrogen and oxygen atoms in total. The lowest BCUT2D eigenvalue weighted by molar-refractivity contribution is -0.144. The van der Waals surface area contributed by atoms with Crippen molar-refractivity contribution in [3.63, 3.8) is 0 Å². The van der Waals surface area contributed by atoms with Gasteiger partial charge in [-0.1, -0.05) is 13.8 Å². The van der Waals surface area contributed by atoms with Gasteiger partial charge in [0.05, 0.1) is 5.92 Å². The number of halogens is 3. The molecule has 0 saturated heterocycles. The van der Waals surface area contributed by atoms with E-state index in [1.54, 1.807) is 13.8 Å². The van der Waals surface area contributed by atoms with Gasteiger partial charge in [-0.2, -0.15) is 18.3 Å². The monoisotopic (exact) mass is 250 g/mol. The second kappa shape index (κ2) is 4.38. The Morgan fingerprint density at radius 1 is 1.47 bits per heavy atom. The molecule has 1 N–H and O–H groups in total. The van der Waals surface area contributed by atoms with E-state index in [1.807, 2.05) is 0 Å². The van der Waals surface area contributed by atoms with E-state index in [-0.39, 0.29) is 5.56 Å². The van der Waals surface area contributed by atoms with Gasteiger partial charge in [-0.25, -0.2) is 0 Å². The van der Waals surface area contributed by atoms with Crippen molar-refractivity contribution in [3.8, 4) is 0 Å². The Kier molecular flexibility index (Phi) is 3.49. The minimum Gasteiger partial charge on any atom is -0.481 e. The van der Waals surface area contributed by atoms with Gasteiger partial charge in [-0.15, -0.1) is 0 Å². The van der Waals surface area contributed by atoms with Crippen molar-refractivity contribution in [1.82, 2.24) is 9.78 Å². The molecule has 0 spiro atoms. The predicted octanol–water partition coefficient (Wildman–Crippen LogP) is 2.26. The van der Waals surface area contributed by atoms with Crippen molar-refractivity contribution in [2.24, 2.45) is 13.0 Å². The number of rotatable bonds is 3. The average Bonchev–Trinajstić information content (AvgIpc) is 2.44. The average molecular weight is 250 g/mol. The van der Waals surface area contributed by atoms with Crippen LogP contribution in [-0.2, 0) is 18.0 Å². The molecule has 0 saturated carbocycles. The zero-order valence-electron chi connectivity index (χ0n) is 9.62. The second-order valence-corrected chi connectivity index (χ2v) is 4.16. The Hall–Kier alpha value is -1.53. The lowest BCUT2D eigenvalue weighted by atomic mass is 9.88. The first-order valence-corrected chi connectivity index (χ1v) is 4.98. The quantitative estimate of drug-likeness (QED) is 0.895. The summed E-state index contributed by atoms with van der Waals surface area (Å²) in [5.41, 5.74) is -1.41. The maximum absolute atomic E-state index is 12.7. The minimum atomic E-state index is -4.64. The first-order valence-electron chi connectivity index (χ1n) is 4.98. The van der Waals surface area contributed by atoms with Crippen LogP contribution in [0.1, 0.15) is 31.0 Å². The summed E-state index contributed by atoms with van der Waals surface area (Å²) in [7, 11) is 1.33. The maximum atomic E-state index is 12.7. The molecule has 0 fully saturated rings. The summed E-state index contributed by atoms with van der Waals surface area (Å²) in [6.07, 6.45) is -3.53. The second-order valence-electron chi connectivity index (χ2n) is 4.16. The molecule has 0 bridgehead atoms. The lowest BCUT2D eigenvalue weighted by Gasteiger charge is -2.16. The number of carbonyl (C=O) groups is 1. The number of carboxylic acids is 1. The van der Waals surface area contributed by atoms with Crippen LogP contribution < -0.4 is 0 Å². The third-order valence-corrected chi connectivity index (χ3v) is 2.39. The number of aromatic nitrogens is 2. The number of hydrogen-bond donors (Lipinski definition) is 1. The molecule has 0 radical (unpaired) electrons. The van der Waals surface area contributed by atoms with Gasteiger partial charge in [0.2, 0.25) is 0 Å². The summed E-state index contributed by atoms with van der Waals surface area (Å²) >= 11 is 0. The number of aliphatic carboxylic acids is 1. The molecule has 0 aromatic carbocycles. The van der Waals surface area contributed by atoms with Gasteiger partial charge in [-0.05, 0) is 5.92 Å². The zero-order chi connectivity index (χ0) is 13.4. The van der Waals surface area contributed by atoms with E-state index in [9.17, 15) is 18.0 Å². The SMILES string of the molecule is CC(C)C(C(=O)O)c1cn(C)nc1C(F)(F)F. The first kappa shape index (κ1) is 13.5. The zero-order valence-corrected chi connectivity index (χ0v) is 9.62. The molecule has 1 atom stereocenters. The van der Waals surface area contributed by atoms with Crippen molar-refractivity contribution >= 4 is 5.97 Å². The highest BCUT2D eigenvalue weighted by atomic mass is 19.4. The highest BCUT2D eigenvalue weighted by Crippen LogP contribution is 2.36. The van der Waals surface area contributed by atoms with Crippen LogP contribution >= 0.6 is 0 Å². The van der Waals surface area contributed by atoms with Crippen LogP contribution in [0.4, 0.5) is 13.2 Å². The Bertz CT molecular complexity index is 424. The summed E-state index contributed by atoms with van der Waals surface area (Å²) in [5.74, 6) is -2.93. The van der Waals surface area contributed by atoms with Crippen molar-refractivity contribution in [2.45, 2.75) is 25.9 Å². The molecule has 96 valence electrons. The van der Waals surface area contributed by atoms with Crippen molar-refractivity contribution in [2.75, 3.05) is 0 Å². The Balaban J connectivity index is 3.34. The number of carboxylic acid groups (broad SMARTS) is 1. The lowest BCUT2D eigenvalue weighted by Crippen LogP contribution is -2.21. The van der Waals surface area contributed by atoms with E-state index in [0.29, 0.717) is 0 Å². The van der Waals surface area contributed by atoms with Crippen molar-refractivity contribution in [3.05, 3.63) is 17.5 Å². The maximum Gasteiger partial charge on any atom is 0.435 e. The third-order valence-electron chi connectivity index (χ3n) is 2.39. The minimum absolute atomic E-state index is 0.289. The van der Waals surface area contributed by atoms with Crippen LogP contribution in [0.3, 0.4) is 0 Å². The molecule has 0 aliphatic heterocycles. The summed E-state index contributed by atoms with van der Waals surface area (Å²) in [4.78, 5) is 11.0. The van der Waals surface area contributed by atoms with Gasteiger partial charge in [-0.3, -0.25) is 9.48 Å². The predicted molar refractivity (Wildman–Crippen MR) is 53.4 cm³/mol. The molecule has 17 heavy (non-hydrogen) atoms. The molecule has 0 aliphatic rings. The molecule has 1 aromatic rings. The molecule has 1 rings (SSSR count). The van der Waals surface area contributed by atoms with E-state index in [4.69, 9.17) is 5.11 Å². The van der Waals surface area contributed by atoms with Gasteiger partial charge < -0.3 is 5.11 Å². The number of aryl methyl sites for hydroxylation is 1. The summed E-state index contributed by atoms with van der Waals surface area (Å²) in [5, 5.41) is 12.3. The fourth-order valence-corrected chi connectivity index (χ4v) is 1.73. The fourth-order valence-electron chi connectivity index (χ4n) is 1.73. The van der Waals surface area contributed by atoms with Crippen LogP contribution in [0.5, 0.6) is 0 Å². The van der Waals surface area contributed by atoms with E-state index in [1.165, 1.54) is 7.05 Å². The smallest absolute Gasteiger partial charge is 0.435 e. The normalized spacial score (nSPS) is 14.1. The van der Waals surface area contributed by atoms with Gasteiger partial charge in [0.15, 0.2) is 5.69 Å². The molecule has 0 amide bonds. The highest BCUT2D eigenvalue weighted by molar-refractivity contribution is 5.76. The van der Waals surface area contributed by atoms with Crippen LogP contribution in [0, 0.1) is 5.92 Å². The topological polar surface area (TPSA) is 55.1 Å². The van der Waals surface area contributed by atoms with Gasteiger partial charge in [0.25, 0.3) is 0 Å². The van der Waals surface area contributed by atoms with E-state index in [0.717, 1.165) is 10.9 Å². The largest absolute Gasteiger partial charge is 0.481 e. The van der Waals surface area contributed by atoms with Crippen LogP contribution in [-0.4, -0.2) is 20.9 Å².